The van der Waals surface area contributed by atoms with E-state index in [1.54, 1.807) is 18.2 Å². The summed E-state index contributed by atoms with van der Waals surface area (Å²) in [5.74, 6) is 0.791. The quantitative estimate of drug-likeness (QED) is 0.226. The van der Waals surface area contributed by atoms with Crippen LogP contribution in [0.4, 0.5) is 0 Å². The molecule has 0 saturated heterocycles. The Balaban J connectivity index is 1.38. The van der Waals surface area contributed by atoms with Gasteiger partial charge in [0.25, 0.3) is 0 Å². The zero-order chi connectivity index (χ0) is 21.6. The molecule has 0 aliphatic rings. The third-order valence-electron chi connectivity index (χ3n) is 4.94. The molecule has 0 bridgehead atoms. The van der Waals surface area contributed by atoms with Crippen LogP contribution in [0.3, 0.4) is 0 Å². The fraction of sp³-hybridized carbons (Fsp3) is 0.154. The van der Waals surface area contributed by atoms with Crippen molar-refractivity contribution in [2.45, 2.75) is 19.8 Å². The number of benzene rings is 3. The molecule has 0 atom stereocenters. The average molecular weight is 414 g/mol. The summed E-state index contributed by atoms with van der Waals surface area (Å²) in [5, 5.41) is 0.438. The third kappa shape index (κ3) is 4.83. The van der Waals surface area contributed by atoms with Gasteiger partial charge < -0.3 is 13.9 Å². The number of ether oxygens (including phenoxy) is 2. The van der Waals surface area contributed by atoms with Crippen LogP contribution in [0.1, 0.15) is 18.4 Å². The maximum absolute atomic E-state index is 12.8. The average Bonchev–Trinajstić information content (AvgIpc) is 2.78. The molecule has 0 fully saturated rings. The topological polar surface area (TPSA) is 65.7 Å². The van der Waals surface area contributed by atoms with E-state index in [2.05, 4.69) is 0 Å². The first-order valence-corrected chi connectivity index (χ1v) is 10.1. The van der Waals surface area contributed by atoms with Gasteiger partial charge in [0.1, 0.15) is 23.3 Å². The number of aryl methyl sites for hydroxylation is 1. The van der Waals surface area contributed by atoms with Crippen molar-refractivity contribution in [3.05, 3.63) is 94.8 Å². The van der Waals surface area contributed by atoms with Crippen LogP contribution in [0.2, 0.25) is 0 Å². The van der Waals surface area contributed by atoms with Gasteiger partial charge in [-0.1, -0.05) is 48.5 Å². The Morgan fingerprint density at radius 2 is 1.74 bits per heavy atom. The van der Waals surface area contributed by atoms with Gasteiger partial charge in [-0.25, -0.2) is 0 Å². The number of carbonyl (C=O) groups excluding carboxylic acids is 1. The van der Waals surface area contributed by atoms with Crippen LogP contribution in [-0.2, 0) is 4.79 Å². The highest BCUT2D eigenvalue weighted by Crippen LogP contribution is 2.23. The van der Waals surface area contributed by atoms with Crippen molar-refractivity contribution in [2.24, 2.45) is 0 Å². The highest BCUT2D eigenvalue weighted by atomic mass is 16.5. The lowest BCUT2D eigenvalue weighted by Crippen LogP contribution is -2.10. The van der Waals surface area contributed by atoms with E-state index in [9.17, 15) is 9.59 Å². The summed E-state index contributed by atoms with van der Waals surface area (Å²) < 4.78 is 16.7. The molecule has 156 valence electrons. The van der Waals surface area contributed by atoms with E-state index in [4.69, 9.17) is 13.9 Å². The summed E-state index contributed by atoms with van der Waals surface area (Å²) in [6, 6.07) is 21.9. The standard InChI is InChI=1S/C26H22O5/c1-18-8-5-6-11-23(18)29-15-7-12-25(27)31-20-13-14-21-24(16-20)30-17-22(26(21)28)19-9-3-2-4-10-19/h2-6,8-11,13-14,16-17H,7,12,15H2,1H3. The van der Waals surface area contributed by atoms with E-state index in [-0.39, 0.29) is 17.8 Å². The predicted octanol–water partition coefficient (Wildman–Crippen LogP) is 5.53. The summed E-state index contributed by atoms with van der Waals surface area (Å²) in [5.41, 5.74) is 2.59. The second-order valence-corrected chi connectivity index (χ2v) is 7.19. The highest BCUT2D eigenvalue weighted by molar-refractivity contribution is 5.83. The van der Waals surface area contributed by atoms with Gasteiger partial charge in [0.2, 0.25) is 0 Å². The van der Waals surface area contributed by atoms with Crippen LogP contribution in [0.25, 0.3) is 22.1 Å². The van der Waals surface area contributed by atoms with Gasteiger partial charge in [0.15, 0.2) is 5.43 Å². The lowest BCUT2D eigenvalue weighted by atomic mass is 10.1. The minimum atomic E-state index is -0.365. The van der Waals surface area contributed by atoms with Crippen LogP contribution < -0.4 is 14.9 Å². The first-order chi connectivity index (χ1) is 15.1. The molecule has 0 amide bonds. The lowest BCUT2D eigenvalue weighted by molar-refractivity contribution is -0.134. The molecule has 5 heteroatoms. The molecule has 3 aromatic carbocycles. The Labute approximate surface area is 179 Å². The van der Waals surface area contributed by atoms with E-state index in [1.807, 2.05) is 61.5 Å². The molecule has 4 aromatic rings. The summed E-state index contributed by atoms with van der Waals surface area (Å²) in [4.78, 5) is 25.0. The van der Waals surface area contributed by atoms with Crippen molar-refractivity contribution < 1.29 is 18.7 Å². The smallest absolute Gasteiger partial charge is 0.311 e. The molecular weight excluding hydrogens is 392 g/mol. The van der Waals surface area contributed by atoms with Crippen LogP contribution in [-0.4, -0.2) is 12.6 Å². The fourth-order valence-corrected chi connectivity index (χ4v) is 3.29. The molecule has 4 rings (SSSR count). The van der Waals surface area contributed by atoms with Crippen LogP contribution >= 0.6 is 0 Å². The molecule has 0 unspecified atom stereocenters. The Hall–Kier alpha value is -3.86. The molecule has 0 saturated carbocycles. The van der Waals surface area contributed by atoms with E-state index in [1.165, 1.54) is 6.26 Å². The first-order valence-electron chi connectivity index (χ1n) is 10.1. The maximum atomic E-state index is 12.8. The monoisotopic (exact) mass is 414 g/mol. The molecule has 1 heterocycles. The largest absolute Gasteiger partial charge is 0.493 e. The Morgan fingerprint density at radius 1 is 0.968 bits per heavy atom. The van der Waals surface area contributed by atoms with Crippen LogP contribution in [0.5, 0.6) is 11.5 Å². The van der Waals surface area contributed by atoms with Crippen LogP contribution in [0.15, 0.2) is 88.3 Å². The Bertz CT molecular complexity index is 1260. The van der Waals surface area contributed by atoms with Crippen molar-refractivity contribution in [2.75, 3.05) is 6.61 Å². The van der Waals surface area contributed by atoms with Crippen molar-refractivity contribution in [3.8, 4) is 22.6 Å². The number of hydrogen-bond donors (Lipinski definition) is 0. The minimum Gasteiger partial charge on any atom is -0.493 e. The SMILES string of the molecule is Cc1ccccc1OCCCC(=O)Oc1ccc2c(=O)c(-c3ccccc3)coc2c1. The second kappa shape index (κ2) is 9.30. The van der Waals surface area contributed by atoms with Crippen molar-refractivity contribution in [1.82, 2.24) is 0 Å². The van der Waals surface area contributed by atoms with Gasteiger partial charge in [-0.15, -0.1) is 0 Å². The number of rotatable bonds is 7. The number of hydrogen-bond acceptors (Lipinski definition) is 5. The number of fused-ring (bicyclic) bond motifs is 1. The molecule has 0 radical (unpaired) electrons. The lowest BCUT2D eigenvalue weighted by Gasteiger charge is -2.09. The van der Waals surface area contributed by atoms with Gasteiger partial charge in [-0.2, -0.15) is 0 Å². The van der Waals surface area contributed by atoms with Gasteiger partial charge in [0, 0.05) is 12.5 Å². The summed E-state index contributed by atoms with van der Waals surface area (Å²) >= 11 is 0. The Kier molecular flexibility index (Phi) is 6.13. The van der Waals surface area contributed by atoms with Gasteiger partial charge >= 0.3 is 5.97 Å². The van der Waals surface area contributed by atoms with Crippen molar-refractivity contribution in [3.63, 3.8) is 0 Å². The molecule has 0 aliphatic carbocycles. The summed E-state index contributed by atoms with van der Waals surface area (Å²) in [7, 11) is 0. The molecule has 5 nitrogen and oxygen atoms in total. The first kappa shape index (κ1) is 20.4. The maximum Gasteiger partial charge on any atom is 0.311 e. The number of esters is 1. The Morgan fingerprint density at radius 3 is 2.55 bits per heavy atom. The van der Waals surface area contributed by atoms with Crippen molar-refractivity contribution in [1.29, 1.82) is 0 Å². The normalized spacial score (nSPS) is 10.7. The number of para-hydroxylation sites is 1. The van der Waals surface area contributed by atoms with E-state index < -0.39 is 0 Å². The molecule has 1 aromatic heterocycles. The highest BCUT2D eigenvalue weighted by Gasteiger charge is 2.11. The van der Waals surface area contributed by atoms with Gasteiger partial charge in [0.05, 0.1) is 17.6 Å². The molecule has 0 aliphatic heterocycles. The van der Waals surface area contributed by atoms with E-state index >= 15 is 0 Å². The van der Waals surface area contributed by atoms with E-state index in [0.29, 0.717) is 35.3 Å². The van der Waals surface area contributed by atoms with Gasteiger partial charge in [-0.3, -0.25) is 9.59 Å². The molecule has 31 heavy (non-hydrogen) atoms. The van der Waals surface area contributed by atoms with Gasteiger partial charge in [-0.05, 0) is 42.7 Å². The minimum absolute atomic E-state index is 0.126. The summed E-state index contributed by atoms with van der Waals surface area (Å²) in [6.45, 7) is 2.40. The zero-order valence-corrected chi connectivity index (χ0v) is 17.2. The molecule has 0 N–H and O–H groups in total. The van der Waals surface area contributed by atoms with Crippen LogP contribution in [0, 0.1) is 6.92 Å². The zero-order valence-electron chi connectivity index (χ0n) is 17.2. The van der Waals surface area contributed by atoms with E-state index in [0.717, 1.165) is 16.9 Å². The summed E-state index contributed by atoms with van der Waals surface area (Å²) in [6.07, 6.45) is 2.20. The van der Waals surface area contributed by atoms with Crippen molar-refractivity contribution >= 4 is 16.9 Å². The molecular formula is C26H22O5. The predicted molar refractivity (Wildman–Crippen MR) is 119 cm³/mol. The number of carbonyl (C=O) groups is 1. The second-order valence-electron chi connectivity index (χ2n) is 7.19. The third-order valence-corrected chi connectivity index (χ3v) is 4.94. The fourth-order valence-electron chi connectivity index (χ4n) is 3.29. The molecule has 0 spiro atoms.